The van der Waals surface area contributed by atoms with Crippen molar-refractivity contribution in [3.05, 3.63) is 51.7 Å². The van der Waals surface area contributed by atoms with E-state index in [4.69, 9.17) is 4.74 Å². The van der Waals surface area contributed by atoms with Crippen LogP contribution in [0.25, 0.3) is 6.08 Å². The van der Waals surface area contributed by atoms with Gasteiger partial charge in [-0.2, -0.15) is 8.78 Å². The van der Waals surface area contributed by atoms with Crippen molar-refractivity contribution in [1.82, 2.24) is 4.90 Å². The number of thiophene rings is 1. The molecule has 4 nitrogen and oxygen atoms in total. The highest BCUT2D eigenvalue weighted by Crippen LogP contribution is 2.33. The largest absolute Gasteiger partial charge is 0.490 e. The number of fused-ring (bicyclic) bond motifs is 1. The van der Waals surface area contributed by atoms with Crippen molar-refractivity contribution in [2.75, 3.05) is 13.2 Å². The molecule has 7 heteroatoms. The van der Waals surface area contributed by atoms with Gasteiger partial charge in [-0.15, -0.1) is 11.3 Å². The van der Waals surface area contributed by atoms with Gasteiger partial charge in [-0.1, -0.05) is 6.07 Å². The van der Waals surface area contributed by atoms with E-state index in [9.17, 15) is 13.6 Å². The maximum atomic E-state index is 12.6. The van der Waals surface area contributed by atoms with E-state index >= 15 is 0 Å². The van der Waals surface area contributed by atoms with Gasteiger partial charge in [0.2, 0.25) is 5.91 Å². The van der Waals surface area contributed by atoms with Crippen LogP contribution in [0, 0.1) is 0 Å². The minimum Gasteiger partial charge on any atom is -0.490 e. The monoisotopic (exact) mass is 393 g/mol. The van der Waals surface area contributed by atoms with Crippen LogP contribution in [-0.2, 0) is 11.2 Å². The van der Waals surface area contributed by atoms with Crippen molar-refractivity contribution >= 4 is 23.3 Å². The Bertz CT molecular complexity index is 834. The molecule has 3 rings (SSSR count). The first kappa shape index (κ1) is 19.4. The number of halogens is 2. The molecule has 0 radical (unpaired) electrons. The van der Waals surface area contributed by atoms with Crippen LogP contribution in [-0.4, -0.2) is 30.6 Å². The Labute approximate surface area is 161 Å². The summed E-state index contributed by atoms with van der Waals surface area (Å²) in [7, 11) is 0. The van der Waals surface area contributed by atoms with Gasteiger partial charge in [0, 0.05) is 17.5 Å². The van der Waals surface area contributed by atoms with Crippen molar-refractivity contribution in [2.45, 2.75) is 32.9 Å². The fourth-order valence-corrected chi connectivity index (χ4v) is 4.13. The molecular formula is C20H21F2NO3S. The standard InChI is InChI=1S/C20H21F2NO3S/c1-3-25-17-12-14(4-6-16(17)26-20(21)22)5-7-19(24)23-10-8-18-15(13(23)2)9-11-27-18/h4-7,9,11-13,20H,3,8,10H2,1-2H3/b7-5+. The summed E-state index contributed by atoms with van der Waals surface area (Å²) in [6.07, 6.45) is 4.03. The van der Waals surface area contributed by atoms with Gasteiger partial charge in [-0.05, 0) is 61.1 Å². The molecule has 0 N–H and O–H groups in total. The van der Waals surface area contributed by atoms with Gasteiger partial charge in [-0.3, -0.25) is 4.79 Å². The Morgan fingerprint density at radius 1 is 1.37 bits per heavy atom. The maximum absolute atomic E-state index is 12.6. The first-order valence-electron chi connectivity index (χ1n) is 8.76. The zero-order valence-corrected chi connectivity index (χ0v) is 16.0. The zero-order valence-electron chi connectivity index (χ0n) is 15.2. The fourth-order valence-electron chi connectivity index (χ4n) is 3.16. The lowest BCUT2D eigenvalue weighted by Crippen LogP contribution is -2.37. The number of alkyl halides is 2. The number of hydrogen-bond acceptors (Lipinski definition) is 4. The Morgan fingerprint density at radius 3 is 2.93 bits per heavy atom. The van der Waals surface area contributed by atoms with Crippen molar-refractivity contribution in [2.24, 2.45) is 0 Å². The van der Waals surface area contributed by atoms with E-state index in [2.05, 4.69) is 16.2 Å². The molecule has 1 aromatic carbocycles. The molecule has 1 aliphatic rings. The number of nitrogens with zero attached hydrogens (tertiary/aromatic N) is 1. The zero-order chi connectivity index (χ0) is 19.4. The lowest BCUT2D eigenvalue weighted by Gasteiger charge is -2.32. The van der Waals surface area contributed by atoms with Crippen LogP contribution < -0.4 is 9.47 Å². The topological polar surface area (TPSA) is 38.8 Å². The molecule has 1 atom stereocenters. The average molecular weight is 393 g/mol. The highest BCUT2D eigenvalue weighted by atomic mass is 32.1. The van der Waals surface area contributed by atoms with Gasteiger partial charge in [0.25, 0.3) is 0 Å². The van der Waals surface area contributed by atoms with Gasteiger partial charge < -0.3 is 14.4 Å². The molecule has 1 aliphatic heterocycles. The number of hydrogen-bond donors (Lipinski definition) is 0. The molecule has 1 unspecified atom stereocenters. The van der Waals surface area contributed by atoms with Crippen LogP contribution in [0.3, 0.4) is 0 Å². The van der Waals surface area contributed by atoms with Crippen LogP contribution in [0.5, 0.6) is 11.5 Å². The molecule has 0 spiro atoms. The second-order valence-electron chi connectivity index (χ2n) is 6.11. The van der Waals surface area contributed by atoms with E-state index < -0.39 is 6.61 Å². The van der Waals surface area contributed by atoms with Crippen LogP contribution in [0.2, 0.25) is 0 Å². The predicted molar refractivity (Wildman–Crippen MR) is 101 cm³/mol. The summed E-state index contributed by atoms with van der Waals surface area (Å²) in [4.78, 5) is 15.8. The Morgan fingerprint density at radius 2 is 2.19 bits per heavy atom. The molecule has 144 valence electrons. The van der Waals surface area contributed by atoms with E-state index in [1.807, 2.05) is 11.8 Å². The predicted octanol–water partition coefficient (Wildman–Crippen LogP) is 4.91. The highest BCUT2D eigenvalue weighted by Gasteiger charge is 2.27. The van der Waals surface area contributed by atoms with Crippen LogP contribution >= 0.6 is 11.3 Å². The van der Waals surface area contributed by atoms with E-state index in [-0.39, 0.29) is 23.4 Å². The molecule has 0 bridgehead atoms. The minimum absolute atomic E-state index is 0.0232. The average Bonchev–Trinajstić information content (AvgIpc) is 3.11. The molecule has 1 amide bonds. The van der Waals surface area contributed by atoms with Crippen molar-refractivity contribution in [3.63, 3.8) is 0 Å². The summed E-state index contributed by atoms with van der Waals surface area (Å²) in [5, 5.41) is 2.06. The molecule has 0 saturated carbocycles. The Kier molecular flexibility index (Phi) is 6.11. The molecule has 0 aliphatic carbocycles. The van der Waals surface area contributed by atoms with Crippen molar-refractivity contribution in [1.29, 1.82) is 0 Å². The molecule has 2 aromatic rings. The number of carbonyl (C=O) groups excluding carboxylic acids is 1. The Hall–Kier alpha value is -2.41. The van der Waals surface area contributed by atoms with Gasteiger partial charge in [-0.25, -0.2) is 0 Å². The number of ether oxygens (including phenoxy) is 2. The molecule has 27 heavy (non-hydrogen) atoms. The first-order valence-corrected chi connectivity index (χ1v) is 9.64. The molecule has 0 fully saturated rings. The molecular weight excluding hydrogens is 372 g/mol. The Balaban J connectivity index is 1.73. The number of benzene rings is 1. The third-order valence-electron chi connectivity index (χ3n) is 4.46. The van der Waals surface area contributed by atoms with Crippen molar-refractivity contribution < 1.29 is 23.0 Å². The van der Waals surface area contributed by atoms with Crippen LogP contribution in [0.1, 0.15) is 35.9 Å². The summed E-state index contributed by atoms with van der Waals surface area (Å²) >= 11 is 1.73. The summed E-state index contributed by atoms with van der Waals surface area (Å²) < 4.78 is 34.8. The minimum atomic E-state index is -2.92. The van der Waals surface area contributed by atoms with Gasteiger partial charge in [0.15, 0.2) is 11.5 Å². The first-order chi connectivity index (χ1) is 13.0. The lowest BCUT2D eigenvalue weighted by atomic mass is 10.0. The molecule has 0 saturated heterocycles. The van der Waals surface area contributed by atoms with E-state index in [1.54, 1.807) is 36.5 Å². The fraction of sp³-hybridized carbons (Fsp3) is 0.350. The summed E-state index contributed by atoms with van der Waals surface area (Å²) in [6.45, 7) is 1.87. The SMILES string of the molecule is CCOc1cc(/C=C/C(=O)N2CCc3sccc3C2C)ccc1OC(F)F. The summed E-state index contributed by atoms with van der Waals surface area (Å²) in [5.41, 5.74) is 1.88. The summed E-state index contributed by atoms with van der Waals surface area (Å²) in [5.74, 6) is 0.122. The highest BCUT2D eigenvalue weighted by molar-refractivity contribution is 7.10. The van der Waals surface area contributed by atoms with Gasteiger partial charge >= 0.3 is 6.61 Å². The van der Waals surface area contributed by atoms with Crippen LogP contribution in [0.4, 0.5) is 8.78 Å². The van der Waals surface area contributed by atoms with Gasteiger partial charge in [0.1, 0.15) is 0 Å². The quantitative estimate of drug-likeness (QED) is 0.655. The lowest BCUT2D eigenvalue weighted by molar-refractivity contribution is -0.128. The van der Waals surface area contributed by atoms with E-state index in [0.717, 1.165) is 6.42 Å². The van der Waals surface area contributed by atoms with Crippen LogP contribution in [0.15, 0.2) is 35.7 Å². The normalized spacial score (nSPS) is 16.6. The smallest absolute Gasteiger partial charge is 0.387 e. The van der Waals surface area contributed by atoms with Gasteiger partial charge in [0.05, 0.1) is 12.6 Å². The third kappa shape index (κ3) is 4.47. The molecule has 2 heterocycles. The van der Waals surface area contributed by atoms with Crippen molar-refractivity contribution in [3.8, 4) is 11.5 Å². The van der Waals surface area contributed by atoms with E-state index in [1.165, 1.54) is 22.6 Å². The second-order valence-corrected chi connectivity index (χ2v) is 7.11. The third-order valence-corrected chi connectivity index (χ3v) is 5.46. The number of amides is 1. The van der Waals surface area contributed by atoms with E-state index in [0.29, 0.717) is 18.7 Å². The summed E-state index contributed by atoms with van der Waals surface area (Å²) in [6, 6.07) is 6.73. The molecule has 1 aromatic heterocycles. The number of rotatable bonds is 6. The maximum Gasteiger partial charge on any atom is 0.387 e. The second kappa shape index (κ2) is 8.52. The number of carbonyl (C=O) groups is 1.